The van der Waals surface area contributed by atoms with Gasteiger partial charge in [-0.25, -0.2) is 14.5 Å². The number of rotatable bonds is 5. The van der Waals surface area contributed by atoms with E-state index in [1.807, 2.05) is 33.8 Å². The molecule has 1 aliphatic heterocycles. The predicted molar refractivity (Wildman–Crippen MR) is 107 cm³/mol. The molecule has 0 atom stereocenters. The van der Waals surface area contributed by atoms with E-state index in [4.69, 9.17) is 4.42 Å². The molecule has 4 rings (SSSR count). The van der Waals surface area contributed by atoms with Gasteiger partial charge in [0.15, 0.2) is 0 Å². The molecule has 0 bridgehead atoms. The van der Waals surface area contributed by atoms with Crippen molar-refractivity contribution in [3.05, 3.63) is 40.6 Å². The number of hydrogen-bond donors (Lipinski definition) is 1. The molecule has 1 aliphatic rings. The fraction of sp³-hybridized carbons (Fsp3) is 0.550. The van der Waals surface area contributed by atoms with Gasteiger partial charge in [-0.3, -0.25) is 9.69 Å². The summed E-state index contributed by atoms with van der Waals surface area (Å²) < 4.78 is 7.29. The van der Waals surface area contributed by atoms with Gasteiger partial charge in [0.2, 0.25) is 11.7 Å². The number of fused-ring (bicyclic) bond motifs is 1. The summed E-state index contributed by atoms with van der Waals surface area (Å²) in [6.07, 6.45) is 2.05. The van der Waals surface area contributed by atoms with Gasteiger partial charge in [0.1, 0.15) is 5.76 Å². The number of amides is 1. The van der Waals surface area contributed by atoms with Crippen LogP contribution in [0.2, 0.25) is 0 Å². The van der Waals surface area contributed by atoms with Crippen molar-refractivity contribution in [3.63, 3.8) is 0 Å². The van der Waals surface area contributed by atoms with Gasteiger partial charge in [0.05, 0.1) is 12.2 Å². The largest absolute Gasteiger partial charge is 0.444 e. The van der Waals surface area contributed by atoms with Crippen molar-refractivity contribution < 1.29 is 9.21 Å². The summed E-state index contributed by atoms with van der Waals surface area (Å²) in [4.78, 5) is 27.9. The molecule has 0 spiro atoms. The van der Waals surface area contributed by atoms with Crippen molar-refractivity contribution in [2.75, 3.05) is 19.6 Å². The molecular formula is C20H27N7O2. The van der Waals surface area contributed by atoms with E-state index in [0.29, 0.717) is 18.2 Å². The Morgan fingerprint density at radius 3 is 2.62 bits per heavy atom. The third kappa shape index (κ3) is 4.29. The van der Waals surface area contributed by atoms with Crippen LogP contribution in [-0.4, -0.2) is 55.0 Å². The molecular weight excluding hydrogens is 370 g/mol. The lowest BCUT2D eigenvalue weighted by molar-refractivity contribution is 0.0923. The molecule has 0 aliphatic carbocycles. The SMILES string of the molecule is Cc1cc(C)n2nc(C(=O)NCC3CCN(Cc4nc(C)c(C)o4)CC3)nc2n1. The molecule has 9 nitrogen and oxygen atoms in total. The molecule has 1 N–H and O–H groups in total. The first kappa shape index (κ1) is 19.5. The van der Waals surface area contributed by atoms with Gasteiger partial charge < -0.3 is 9.73 Å². The number of likely N-dealkylation sites (tertiary alicyclic amines) is 1. The second kappa shape index (κ2) is 7.90. The van der Waals surface area contributed by atoms with Crippen LogP contribution in [-0.2, 0) is 6.54 Å². The van der Waals surface area contributed by atoms with E-state index in [0.717, 1.165) is 61.2 Å². The van der Waals surface area contributed by atoms with E-state index in [-0.39, 0.29) is 11.7 Å². The Kier molecular flexibility index (Phi) is 5.31. The van der Waals surface area contributed by atoms with E-state index in [1.165, 1.54) is 0 Å². The second-order valence-electron chi connectivity index (χ2n) is 7.86. The summed E-state index contributed by atoms with van der Waals surface area (Å²) in [6.45, 7) is 11.0. The van der Waals surface area contributed by atoms with E-state index in [2.05, 4.69) is 30.3 Å². The van der Waals surface area contributed by atoms with Crippen LogP contribution in [0.15, 0.2) is 10.5 Å². The maximum Gasteiger partial charge on any atom is 0.291 e. The monoisotopic (exact) mass is 397 g/mol. The number of nitrogens with zero attached hydrogens (tertiary/aromatic N) is 6. The number of piperidine rings is 1. The fourth-order valence-electron chi connectivity index (χ4n) is 3.73. The number of aryl methyl sites for hydroxylation is 4. The Morgan fingerprint density at radius 1 is 1.17 bits per heavy atom. The number of hydrogen-bond acceptors (Lipinski definition) is 7. The Balaban J connectivity index is 1.28. The van der Waals surface area contributed by atoms with Gasteiger partial charge >= 0.3 is 0 Å². The lowest BCUT2D eigenvalue weighted by Gasteiger charge is -2.31. The van der Waals surface area contributed by atoms with Crippen molar-refractivity contribution in [3.8, 4) is 0 Å². The van der Waals surface area contributed by atoms with Crippen molar-refractivity contribution >= 4 is 11.7 Å². The van der Waals surface area contributed by atoms with Crippen molar-refractivity contribution in [2.45, 2.75) is 47.1 Å². The number of carbonyl (C=O) groups is 1. The lowest BCUT2D eigenvalue weighted by Crippen LogP contribution is -2.38. The second-order valence-corrected chi connectivity index (χ2v) is 7.86. The van der Waals surface area contributed by atoms with E-state index in [1.54, 1.807) is 4.52 Å². The molecule has 0 aromatic carbocycles. The van der Waals surface area contributed by atoms with Crippen molar-refractivity contribution in [2.24, 2.45) is 5.92 Å². The highest BCUT2D eigenvalue weighted by Gasteiger charge is 2.22. The zero-order valence-corrected chi connectivity index (χ0v) is 17.4. The molecule has 1 amide bonds. The molecule has 0 unspecified atom stereocenters. The first-order valence-corrected chi connectivity index (χ1v) is 10.0. The minimum Gasteiger partial charge on any atom is -0.444 e. The minimum absolute atomic E-state index is 0.165. The van der Waals surface area contributed by atoms with Crippen LogP contribution in [0, 0.1) is 33.6 Å². The van der Waals surface area contributed by atoms with Gasteiger partial charge in [-0.1, -0.05) is 0 Å². The van der Waals surface area contributed by atoms with Crippen LogP contribution < -0.4 is 5.32 Å². The molecule has 29 heavy (non-hydrogen) atoms. The van der Waals surface area contributed by atoms with Gasteiger partial charge in [-0.15, -0.1) is 5.10 Å². The Hall–Kier alpha value is -2.81. The highest BCUT2D eigenvalue weighted by atomic mass is 16.4. The van der Waals surface area contributed by atoms with E-state index < -0.39 is 0 Å². The number of carbonyl (C=O) groups excluding carboxylic acids is 1. The molecule has 0 saturated carbocycles. The molecule has 4 heterocycles. The van der Waals surface area contributed by atoms with Crippen LogP contribution in [0.4, 0.5) is 0 Å². The molecule has 3 aromatic heterocycles. The fourth-order valence-corrected chi connectivity index (χ4v) is 3.73. The van der Waals surface area contributed by atoms with Gasteiger partial charge in [0.25, 0.3) is 11.7 Å². The number of aromatic nitrogens is 5. The summed E-state index contributed by atoms with van der Waals surface area (Å²) in [6, 6.07) is 1.91. The molecule has 0 radical (unpaired) electrons. The normalized spacial score (nSPS) is 15.9. The van der Waals surface area contributed by atoms with Crippen LogP contribution in [0.1, 0.15) is 52.2 Å². The smallest absolute Gasteiger partial charge is 0.291 e. The molecule has 3 aromatic rings. The number of nitrogens with one attached hydrogen (secondary N) is 1. The van der Waals surface area contributed by atoms with Gasteiger partial charge in [0, 0.05) is 17.9 Å². The molecule has 154 valence electrons. The average Bonchev–Trinajstić information content (AvgIpc) is 3.24. The Morgan fingerprint density at radius 2 is 1.93 bits per heavy atom. The number of oxazole rings is 1. The third-order valence-electron chi connectivity index (χ3n) is 5.51. The lowest BCUT2D eigenvalue weighted by atomic mass is 9.97. The van der Waals surface area contributed by atoms with Crippen molar-refractivity contribution in [1.29, 1.82) is 0 Å². The summed E-state index contributed by atoms with van der Waals surface area (Å²) in [7, 11) is 0. The highest BCUT2D eigenvalue weighted by Crippen LogP contribution is 2.19. The Bertz CT molecular complexity index is 1010. The quantitative estimate of drug-likeness (QED) is 0.702. The highest BCUT2D eigenvalue weighted by molar-refractivity contribution is 5.90. The third-order valence-corrected chi connectivity index (χ3v) is 5.51. The topological polar surface area (TPSA) is 101 Å². The summed E-state index contributed by atoms with van der Waals surface area (Å²) in [5.41, 5.74) is 2.72. The first-order chi connectivity index (χ1) is 13.9. The van der Waals surface area contributed by atoms with Gasteiger partial charge in [-0.05, 0) is 65.6 Å². The summed E-state index contributed by atoms with van der Waals surface area (Å²) in [5, 5.41) is 7.28. The maximum absolute atomic E-state index is 12.5. The standard InChI is InChI=1S/C20H27N7O2/c1-12-9-13(2)27-20(22-12)24-18(25-27)19(28)21-10-16-5-7-26(8-6-16)11-17-23-14(3)15(4)29-17/h9,16H,5-8,10-11H2,1-4H3,(H,21,28). The first-order valence-electron chi connectivity index (χ1n) is 10.0. The minimum atomic E-state index is -0.249. The molecule has 9 heteroatoms. The zero-order valence-electron chi connectivity index (χ0n) is 17.4. The zero-order chi connectivity index (χ0) is 20.5. The van der Waals surface area contributed by atoms with Crippen molar-refractivity contribution in [1.82, 2.24) is 34.8 Å². The average molecular weight is 397 g/mol. The van der Waals surface area contributed by atoms with E-state index >= 15 is 0 Å². The van der Waals surface area contributed by atoms with Gasteiger partial charge in [-0.2, -0.15) is 4.98 Å². The van der Waals surface area contributed by atoms with Crippen LogP contribution in [0.5, 0.6) is 0 Å². The van der Waals surface area contributed by atoms with Crippen LogP contribution >= 0.6 is 0 Å². The molecule has 1 saturated heterocycles. The Labute approximate surface area is 169 Å². The van der Waals surface area contributed by atoms with Crippen LogP contribution in [0.3, 0.4) is 0 Å². The van der Waals surface area contributed by atoms with E-state index in [9.17, 15) is 4.79 Å². The molecule has 1 fully saturated rings. The summed E-state index contributed by atoms with van der Waals surface area (Å²) in [5.74, 6) is 2.49. The maximum atomic E-state index is 12.5. The summed E-state index contributed by atoms with van der Waals surface area (Å²) >= 11 is 0. The predicted octanol–water partition coefficient (Wildman–Crippen LogP) is 1.99. The van der Waals surface area contributed by atoms with Crippen LogP contribution in [0.25, 0.3) is 5.78 Å².